The van der Waals surface area contributed by atoms with Gasteiger partial charge in [-0.3, -0.25) is 0 Å². The zero-order chi connectivity index (χ0) is 22.6. The van der Waals surface area contributed by atoms with Crippen LogP contribution in [-0.2, 0) is 9.84 Å². The maximum absolute atomic E-state index is 12.7. The van der Waals surface area contributed by atoms with E-state index in [1.165, 1.54) is 0 Å². The van der Waals surface area contributed by atoms with Gasteiger partial charge < -0.3 is 9.47 Å². The molecular formula is C26H21BO4S. The van der Waals surface area contributed by atoms with Crippen molar-refractivity contribution < 1.29 is 17.9 Å². The van der Waals surface area contributed by atoms with Crippen molar-refractivity contribution in [3.05, 3.63) is 114 Å². The number of methoxy groups -OCH3 is 1. The number of hydrogen-bond donors (Lipinski definition) is 0. The van der Waals surface area contributed by atoms with Crippen molar-refractivity contribution in [3.63, 3.8) is 0 Å². The summed E-state index contributed by atoms with van der Waals surface area (Å²) in [5.74, 6) is 1.70. The molecule has 6 heteroatoms. The van der Waals surface area contributed by atoms with Gasteiger partial charge >= 0.3 is 0 Å². The predicted molar refractivity (Wildman–Crippen MR) is 125 cm³/mol. The molecule has 0 heterocycles. The first-order valence-electron chi connectivity index (χ1n) is 10.0. The van der Waals surface area contributed by atoms with E-state index >= 15 is 0 Å². The molecule has 0 saturated carbocycles. The monoisotopic (exact) mass is 440 g/mol. The van der Waals surface area contributed by atoms with Crippen molar-refractivity contribution in [1.82, 2.24) is 0 Å². The summed E-state index contributed by atoms with van der Waals surface area (Å²) in [6, 6.07) is 29.9. The Kier molecular flexibility index (Phi) is 6.33. The van der Waals surface area contributed by atoms with Gasteiger partial charge in [-0.1, -0.05) is 42.5 Å². The first-order valence-corrected chi connectivity index (χ1v) is 11.5. The van der Waals surface area contributed by atoms with Crippen molar-refractivity contribution in [2.45, 2.75) is 15.6 Å². The molecule has 0 saturated heterocycles. The Labute approximate surface area is 189 Å². The molecule has 1 unspecified atom stereocenters. The fourth-order valence-corrected chi connectivity index (χ4v) is 4.59. The lowest BCUT2D eigenvalue weighted by molar-refractivity contribution is 0.414. The number of sulfone groups is 1. The summed E-state index contributed by atoms with van der Waals surface area (Å²) in [7, 11) is 4.45. The molecule has 0 fully saturated rings. The maximum Gasteiger partial charge on any atom is 0.206 e. The van der Waals surface area contributed by atoms with Gasteiger partial charge in [-0.2, -0.15) is 0 Å². The van der Waals surface area contributed by atoms with Crippen molar-refractivity contribution >= 4 is 17.7 Å². The molecule has 0 N–H and O–H groups in total. The average molecular weight is 440 g/mol. The zero-order valence-electron chi connectivity index (χ0n) is 17.5. The van der Waals surface area contributed by atoms with E-state index in [2.05, 4.69) is 0 Å². The van der Waals surface area contributed by atoms with Crippen LogP contribution in [0.3, 0.4) is 0 Å². The maximum atomic E-state index is 12.7. The molecule has 1 atom stereocenters. The second-order valence-electron chi connectivity index (χ2n) is 7.21. The van der Waals surface area contributed by atoms with Crippen LogP contribution in [0.2, 0.25) is 0 Å². The number of rotatable bonds is 7. The Morgan fingerprint density at radius 2 is 1.06 bits per heavy atom. The topological polar surface area (TPSA) is 52.6 Å². The van der Waals surface area contributed by atoms with Gasteiger partial charge in [0.15, 0.2) is 0 Å². The fraction of sp³-hybridized carbons (Fsp3) is 0.0769. The zero-order valence-corrected chi connectivity index (χ0v) is 18.3. The third-order valence-electron chi connectivity index (χ3n) is 5.14. The normalized spacial score (nSPS) is 12.2. The molecule has 4 nitrogen and oxygen atoms in total. The van der Waals surface area contributed by atoms with E-state index in [9.17, 15) is 8.42 Å². The van der Waals surface area contributed by atoms with Crippen molar-refractivity contribution in [2.75, 3.05) is 7.11 Å². The van der Waals surface area contributed by atoms with E-state index in [0.29, 0.717) is 11.5 Å². The largest absolute Gasteiger partial charge is 0.497 e. The molecule has 0 aliphatic heterocycles. The van der Waals surface area contributed by atoms with Crippen LogP contribution >= 0.6 is 0 Å². The van der Waals surface area contributed by atoms with Gasteiger partial charge in [0.2, 0.25) is 9.84 Å². The van der Waals surface area contributed by atoms with E-state index in [4.69, 9.17) is 17.3 Å². The minimum absolute atomic E-state index is 0.219. The summed E-state index contributed by atoms with van der Waals surface area (Å²) in [4.78, 5) is 0.481. The standard InChI is InChI=1S/C26H21BO4S/c1-30-21-11-7-19(8-12-21)26(27)20-9-13-22(14-10-20)31-23-15-17-25(18-16-23)32(28,29)24-5-3-2-4-6-24/h2-18,26H,1H3. The van der Waals surface area contributed by atoms with E-state index in [0.717, 1.165) is 16.9 Å². The molecule has 4 aromatic rings. The summed E-state index contributed by atoms with van der Waals surface area (Å²) in [5.41, 5.74) is 1.93. The van der Waals surface area contributed by atoms with Crippen LogP contribution in [-0.4, -0.2) is 23.4 Å². The second-order valence-corrected chi connectivity index (χ2v) is 9.16. The van der Waals surface area contributed by atoms with E-state index in [1.807, 2.05) is 48.5 Å². The predicted octanol–water partition coefficient (Wildman–Crippen LogP) is 5.58. The van der Waals surface area contributed by atoms with Crippen LogP contribution in [0.4, 0.5) is 0 Å². The van der Waals surface area contributed by atoms with Gasteiger partial charge in [-0.05, 0) is 77.6 Å². The fourth-order valence-electron chi connectivity index (χ4n) is 3.31. The molecule has 32 heavy (non-hydrogen) atoms. The van der Waals surface area contributed by atoms with Gasteiger partial charge in [-0.25, -0.2) is 8.42 Å². The van der Waals surface area contributed by atoms with E-state index in [-0.39, 0.29) is 15.6 Å². The Morgan fingerprint density at radius 1 is 0.625 bits per heavy atom. The van der Waals surface area contributed by atoms with E-state index < -0.39 is 9.84 Å². The van der Waals surface area contributed by atoms with Gasteiger partial charge in [0.25, 0.3) is 0 Å². The third-order valence-corrected chi connectivity index (χ3v) is 6.92. The first kappa shape index (κ1) is 21.7. The van der Waals surface area contributed by atoms with Crippen LogP contribution in [0, 0.1) is 0 Å². The molecule has 0 aliphatic rings. The molecule has 0 amide bonds. The highest BCUT2D eigenvalue weighted by molar-refractivity contribution is 7.91. The number of hydrogen-bond acceptors (Lipinski definition) is 4. The summed E-state index contributed by atoms with van der Waals surface area (Å²) in [6.07, 6.45) is 0. The van der Waals surface area contributed by atoms with Crippen LogP contribution in [0.5, 0.6) is 17.2 Å². The summed E-state index contributed by atoms with van der Waals surface area (Å²) < 4.78 is 36.5. The van der Waals surface area contributed by atoms with Gasteiger partial charge in [0.05, 0.1) is 24.7 Å². The number of ether oxygens (including phenoxy) is 2. The molecule has 158 valence electrons. The molecule has 0 spiro atoms. The van der Waals surface area contributed by atoms with Gasteiger partial charge in [0.1, 0.15) is 17.2 Å². The lowest BCUT2D eigenvalue weighted by Gasteiger charge is -2.14. The molecule has 4 rings (SSSR count). The van der Waals surface area contributed by atoms with Gasteiger partial charge in [-0.15, -0.1) is 0 Å². The van der Waals surface area contributed by atoms with Crippen molar-refractivity contribution in [2.24, 2.45) is 0 Å². The minimum Gasteiger partial charge on any atom is -0.497 e. The lowest BCUT2D eigenvalue weighted by atomic mass is 9.76. The van der Waals surface area contributed by atoms with Crippen LogP contribution in [0.25, 0.3) is 0 Å². The Morgan fingerprint density at radius 3 is 1.56 bits per heavy atom. The molecule has 0 bridgehead atoms. The van der Waals surface area contributed by atoms with Crippen LogP contribution < -0.4 is 9.47 Å². The van der Waals surface area contributed by atoms with Crippen molar-refractivity contribution in [3.8, 4) is 17.2 Å². The summed E-state index contributed by atoms with van der Waals surface area (Å²) >= 11 is 0. The Balaban J connectivity index is 1.45. The molecule has 0 aromatic heterocycles. The molecule has 2 radical (unpaired) electrons. The van der Waals surface area contributed by atoms with Crippen LogP contribution in [0.15, 0.2) is 113 Å². The first-order chi connectivity index (χ1) is 15.5. The van der Waals surface area contributed by atoms with E-state index in [1.54, 1.807) is 61.7 Å². The minimum atomic E-state index is -3.55. The highest BCUT2D eigenvalue weighted by Gasteiger charge is 2.17. The number of benzene rings is 4. The smallest absolute Gasteiger partial charge is 0.206 e. The highest BCUT2D eigenvalue weighted by atomic mass is 32.2. The van der Waals surface area contributed by atoms with Crippen molar-refractivity contribution in [1.29, 1.82) is 0 Å². The molecular weight excluding hydrogens is 419 g/mol. The molecule has 4 aromatic carbocycles. The molecule has 0 aliphatic carbocycles. The summed E-state index contributed by atoms with van der Waals surface area (Å²) in [5, 5.41) is 0. The second kappa shape index (κ2) is 9.33. The summed E-state index contributed by atoms with van der Waals surface area (Å²) in [6.45, 7) is 0. The Bertz CT molecular complexity index is 1270. The van der Waals surface area contributed by atoms with Gasteiger partial charge in [0, 0.05) is 0 Å². The average Bonchev–Trinajstić information content (AvgIpc) is 2.85. The third kappa shape index (κ3) is 4.71. The highest BCUT2D eigenvalue weighted by Crippen LogP contribution is 2.29. The quantitative estimate of drug-likeness (QED) is 0.352. The van der Waals surface area contributed by atoms with Crippen LogP contribution in [0.1, 0.15) is 16.9 Å². The lowest BCUT2D eigenvalue weighted by Crippen LogP contribution is -2.01. The Hall–Kier alpha value is -3.51. The SMILES string of the molecule is [B]C(c1ccc(OC)cc1)c1ccc(Oc2ccc(S(=O)(=O)c3ccccc3)cc2)cc1.